The third kappa shape index (κ3) is 4.12. The highest BCUT2D eigenvalue weighted by Crippen LogP contribution is 2.26. The van der Waals surface area contributed by atoms with Gasteiger partial charge < -0.3 is 9.15 Å². The predicted octanol–water partition coefficient (Wildman–Crippen LogP) is 4.52. The number of nitrogens with zero attached hydrogens (tertiary/aromatic N) is 3. The number of aryl methyl sites for hydroxylation is 1. The first-order chi connectivity index (χ1) is 12.8. The quantitative estimate of drug-likeness (QED) is 0.359. The van der Waals surface area contributed by atoms with Crippen molar-refractivity contribution < 1.29 is 18.9 Å². The van der Waals surface area contributed by atoms with E-state index in [0.717, 1.165) is 17.2 Å². The van der Waals surface area contributed by atoms with Crippen molar-refractivity contribution >= 4 is 23.3 Å². The van der Waals surface area contributed by atoms with Crippen molar-refractivity contribution in [2.24, 2.45) is 0 Å². The van der Waals surface area contributed by atoms with E-state index >= 15 is 0 Å². The minimum Gasteiger partial charge on any atom is -0.449 e. The molecule has 1 aromatic heterocycles. The van der Waals surface area contributed by atoms with Crippen LogP contribution in [-0.4, -0.2) is 21.1 Å². The van der Waals surface area contributed by atoms with E-state index in [9.17, 15) is 14.9 Å². The number of non-ortho nitro benzene ring substituents is 1. The molecule has 8 nitrogen and oxygen atoms in total. The van der Waals surface area contributed by atoms with Crippen molar-refractivity contribution in [2.75, 3.05) is 0 Å². The molecule has 2 aromatic carbocycles. The number of carbonyl (C=O) groups is 1. The van der Waals surface area contributed by atoms with Crippen LogP contribution in [0.25, 0.3) is 11.5 Å². The zero-order valence-electron chi connectivity index (χ0n) is 14.4. The maximum Gasteiger partial charge on any atom is 0.340 e. The number of rotatable bonds is 5. The van der Waals surface area contributed by atoms with Crippen molar-refractivity contribution in [3.8, 4) is 11.5 Å². The summed E-state index contributed by atoms with van der Waals surface area (Å²) in [6.45, 7) is 3.51. The van der Waals surface area contributed by atoms with Gasteiger partial charge in [-0.3, -0.25) is 10.1 Å². The topological polar surface area (TPSA) is 108 Å². The first-order valence-electron chi connectivity index (χ1n) is 7.90. The maximum absolute atomic E-state index is 12.3. The molecule has 9 heteroatoms. The van der Waals surface area contributed by atoms with Gasteiger partial charge in [-0.15, -0.1) is 10.2 Å². The van der Waals surface area contributed by atoms with E-state index in [0.29, 0.717) is 5.89 Å². The molecule has 3 rings (SSSR count). The Hall–Kier alpha value is -3.26. The average Bonchev–Trinajstić information content (AvgIpc) is 3.12. The maximum atomic E-state index is 12.3. The highest BCUT2D eigenvalue weighted by Gasteiger charge is 2.23. The third-order valence-corrected chi connectivity index (χ3v) is 4.08. The standard InChI is InChI=1S/C18H14ClN3O5/c1-10-3-5-12(6-4-10)17-21-20-16(27-17)11(2)26-18(23)14-9-13(22(24)25)7-8-15(14)19/h3-9,11H,1-2H3. The molecule has 1 unspecified atom stereocenters. The summed E-state index contributed by atoms with van der Waals surface area (Å²) >= 11 is 5.95. The first kappa shape index (κ1) is 18.5. The summed E-state index contributed by atoms with van der Waals surface area (Å²) in [4.78, 5) is 22.6. The molecule has 0 saturated heterocycles. The predicted molar refractivity (Wildman–Crippen MR) is 96.4 cm³/mol. The summed E-state index contributed by atoms with van der Waals surface area (Å²) in [5, 5.41) is 18.8. The summed E-state index contributed by atoms with van der Waals surface area (Å²) in [6.07, 6.45) is -0.862. The first-order valence-corrected chi connectivity index (χ1v) is 8.28. The second-order valence-corrected chi connectivity index (χ2v) is 6.19. The largest absolute Gasteiger partial charge is 0.449 e. The van der Waals surface area contributed by atoms with Crippen LogP contribution in [-0.2, 0) is 4.74 Å². The zero-order valence-corrected chi connectivity index (χ0v) is 15.1. The van der Waals surface area contributed by atoms with Crippen molar-refractivity contribution in [3.63, 3.8) is 0 Å². The average molecular weight is 388 g/mol. The highest BCUT2D eigenvalue weighted by atomic mass is 35.5. The molecule has 0 aliphatic carbocycles. The highest BCUT2D eigenvalue weighted by molar-refractivity contribution is 6.33. The monoisotopic (exact) mass is 387 g/mol. The number of aromatic nitrogens is 2. The fourth-order valence-corrected chi connectivity index (χ4v) is 2.46. The van der Waals surface area contributed by atoms with Crippen LogP contribution in [0.5, 0.6) is 0 Å². The normalized spacial score (nSPS) is 11.8. The Balaban J connectivity index is 1.77. The van der Waals surface area contributed by atoms with E-state index in [1.807, 2.05) is 31.2 Å². The number of esters is 1. The lowest BCUT2D eigenvalue weighted by molar-refractivity contribution is -0.384. The van der Waals surface area contributed by atoms with Gasteiger partial charge in [-0.25, -0.2) is 4.79 Å². The molecular formula is C18H14ClN3O5. The number of carbonyl (C=O) groups excluding carboxylic acids is 1. The van der Waals surface area contributed by atoms with Gasteiger partial charge in [-0.05, 0) is 32.0 Å². The molecule has 138 valence electrons. The fraction of sp³-hybridized carbons (Fsp3) is 0.167. The smallest absolute Gasteiger partial charge is 0.340 e. The van der Waals surface area contributed by atoms with Crippen LogP contribution in [0, 0.1) is 17.0 Å². The van der Waals surface area contributed by atoms with Gasteiger partial charge >= 0.3 is 5.97 Å². The second-order valence-electron chi connectivity index (χ2n) is 5.78. The van der Waals surface area contributed by atoms with Crippen LogP contribution in [0.1, 0.15) is 34.8 Å². The molecule has 1 heterocycles. The van der Waals surface area contributed by atoms with Crippen LogP contribution in [0.15, 0.2) is 46.9 Å². The molecule has 3 aromatic rings. The molecule has 0 radical (unpaired) electrons. The molecule has 0 aliphatic heterocycles. The summed E-state index contributed by atoms with van der Waals surface area (Å²) in [7, 11) is 0. The Bertz CT molecular complexity index is 1000. The van der Waals surface area contributed by atoms with Gasteiger partial charge in [0.15, 0.2) is 6.10 Å². The van der Waals surface area contributed by atoms with Gasteiger partial charge in [0.25, 0.3) is 11.6 Å². The number of halogens is 1. The molecule has 1 atom stereocenters. The Morgan fingerprint density at radius 1 is 1.22 bits per heavy atom. The van der Waals surface area contributed by atoms with Crippen LogP contribution in [0.2, 0.25) is 5.02 Å². The van der Waals surface area contributed by atoms with E-state index in [1.54, 1.807) is 6.92 Å². The number of nitro groups is 1. The summed E-state index contributed by atoms with van der Waals surface area (Å²) in [5.74, 6) is -0.437. The van der Waals surface area contributed by atoms with Crippen molar-refractivity contribution in [3.05, 3.63) is 74.6 Å². The Kier molecular flexibility index (Phi) is 5.18. The van der Waals surface area contributed by atoms with Crippen molar-refractivity contribution in [2.45, 2.75) is 20.0 Å². The number of hydrogen-bond acceptors (Lipinski definition) is 7. The molecule has 0 amide bonds. The SMILES string of the molecule is Cc1ccc(-c2nnc(C(C)OC(=O)c3cc([N+](=O)[O-])ccc3Cl)o2)cc1. The van der Waals surface area contributed by atoms with Gasteiger partial charge in [-0.2, -0.15) is 0 Å². The van der Waals surface area contributed by atoms with E-state index in [-0.39, 0.29) is 22.2 Å². The molecule has 0 fully saturated rings. The molecule has 0 bridgehead atoms. The molecule has 0 N–H and O–H groups in total. The zero-order chi connectivity index (χ0) is 19.6. The van der Waals surface area contributed by atoms with E-state index < -0.39 is 17.0 Å². The van der Waals surface area contributed by atoms with Gasteiger partial charge in [-0.1, -0.05) is 29.3 Å². The summed E-state index contributed by atoms with van der Waals surface area (Å²) in [6, 6.07) is 11.0. The number of hydrogen-bond donors (Lipinski definition) is 0. The minimum atomic E-state index is -0.862. The van der Waals surface area contributed by atoms with Gasteiger partial charge in [0.2, 0.25) is 5.89 Å². The Morgan fingerprint density at radius 2 is 1.93 bits per heavy atom. The van der Waals surface area contributed by atoms with Crippen molar-refractivity contribution in [1.29, 1.82) is 0 Å². The van der Waals surface area contributed by atoms with Crippen LogP contribution in [0.3, 0.4) is 0 Å². The lowest BCUT2D eigenvalue weighted by Gasteiger charge is -2.10. The lowest BCUT2D eigenvalue weighted by Crippen LogP contribution is -2.10. The van der Waals surface area contributed by atoms with Gasteiger partial charge in [0, 0.05) is 17.7 Å². The van der Waals surface area contributed by atoms with Crippen LogP contribution in [0.4, 0.5) is 5.69 Å². The van der Waals surface area contributed by atoms with E-state index in [2.05, 4.69) is 10.2 Å². The second kappa shape index (κ2) is 7.55. The van der Waals surface area contributed by atoms with E-state index in [4.69, 9.17) is 20.8 Å². The third-order valence-electron chi connectivity index (χ3n) is 3.75. The minimum absolute atomic E-state index is 0.0451. The van der Waals surface area contributed by atoms with Gasteiger partial charge in [0.1, 0.15) is 0 Å². The van der Waals surface area contributed by atoms with Crippen molar-refractivity contribution in [1.82, 2.24) is 10.2 Å². The van der Waals surface area contributed by atoms with E-state index in [1.165, 1.54) is 12.1 Å². The fourth-order valence-electron chi connectivity index (χ4n) is 2.27. The molecular weight excluding hydrogens is 374 g/mol. The molecule has 0 aliphatic rings. The molecule has 0 spiro atoms. The summed E-state index contributed by atoms with van der Waals surface area (Å²) in [5.41, 5.74) is 1.45. The number of benzene rings is 2. The van der Waals surface area contributed by atoms with Crippen LogP contribution >= 0.6 is 11.6 Å². The number of ether oxygens (including phenoxy) is 1. The van der Waals surface area contributed by atoms with Gasteiger partial charge in [0.05, 0.1) is 15.5 Å². The van der Waals surface area contributed by atoms with Crippen LogP contribution < -0.4 is 0 Å². The molecule has 27 heavy (non-hydrogen) atoms. The Morgan fingerprint density at radius 3 is 2.59 bits per heavy atom. The molecule has 0 saturated carbocycles. The Labute approximate surface area is 158 Å². The number of nitro benzene ring substituents is 1. The summed E-state index contributed by atoms with van der Waals surface area (Å²) < 4.78 is 10.8. The lowest BCUT2D eigenvalue weighted by atomic mass is 10.1.